The van der Waals surface area contributed by atoms with Crippen LogP contribution in [-0.4, -0.2) is 19.8 Å². The third kappa shape index (κ3) is 4.23. The van der Waals surface area contributed by atoms with Gasteiger partial charge in [-0.1, -0.05) is 0 Å². The number of phosphoric acid groups is 3. The molecule has 0 N–H and O–H groups in total. The van der Waals surface area contributed by atoms with Crippen LogP contribution in [0.4, 0.5) is 0 Å². The largest absolute Gasteiger partial charge is 0.492 e. The van der Waals surface area contributed by atoms with Crippen LogP contribution in [0.3, 0.4) is 0 Å². The van der Waals surface area contributed by atoms with E-state index in [4.69, 9.17) is 0 Å². The first kappa shape index (κ1) is 16.5. The third-order valence-corrected chi connectivity index (χ3v) is 7.98. The van der Waals surface area contributed by atoms with Crippen LogP contribution in [0.25, 0.3) is 0 Å². The maximum absolute atomic E-state index is 12.0. The van der Waals surface area contributed by atoms with Gasteiger partial charge in [0.25, 0.3) is 0 Å². The van der Waals surface area contributed by atoms with Crippen molar-refractivity contribution in [3.8, 4) is 0 Å². The maximum atomic E-state index is 12.0. The van der Waals surface area contributed by atoms with E-state index in [1.165, 1.54) is 20.8 Å². The van der Waals surface area contributed by atoms with E-state index in [2.05, 4.69) is 26.5 Å². The van der Waals surface area contributed by atoms with E-state index in [9.17, 15) is 13.7 Å². The molecule has 0 saturated carbocycles. The van der Waals surface area contributed by atoms with Crippen LogP contribution in [0.2, 0.25) is 0 Å². The fourth-order valence-electron chi connectivity index (χ4n) is 1.03. The molecular weight excluding hydrogens is 309 g/mol. The Morgan fingerprint density at radius 1 is 0.667 bits per heavy atom. The fourth-order valence-corrected chi connectivity index (χ4v) is 7.21. The van der Waals surface area contributed by atoms with Gasteiger partial charge >= 0.3 is 23.5 Å². The zero-order chi connectivity index (χ0) is 13.9. The van der Waals surface area contributed by atoms with Gasteiger partial charge in [0.05, 0.1) is 19.8 Å². The lowest BCUT2D eigenvalue weighted by Gasteiger charge is -2.30. The molecule has 1 aliphatic rings. The van der Waals surface area contributed by atoms with Crippen molar-refractivity contribution >= 4 is 23.5 Å². The predicted molar refractivity (Wildman–Crippen MR) is 61.0 cm³/mol. The van der Waals surface area contributed by atoms with Crippen LogP contribution < -0.4 is 0 Å². The van der Waals surface area contributed by atoms with Gasteiger partial charge in [0, 0.05) is 0 Å². The summed E-state index contributed by atoms with van der Waals surface area (Å²) in [5.41, 5.74) is 0. The summed E-state index contributed by atoms with van der Waals surface area (Å²) in [6, 6.07) is 0. The Morgan fingerprint density at radius 2 is 0.889 bits per heavy atom. The summed E-state index contributed by atoms with van der Waals surface area (Å²) in [5.74, 6) is 0. The highest BCUT2D eigenvalue weighted by molar-refractivity contribution is 7.75. The van der Waals surface area contributed by atoms with Gasteiger partial charge in [-0.3, -0.25) is 13.6 Å². The molecule has 0 aliphatic carbocycles. The second-order valence-corrected chi connectivity index (χ2v) is 8.26. The molecule has 1 heterocycles. The lowest BCUT2D eigenvalue weighted by atomic mass is 10.9. The lowest BCUT2D eigenvalue weighted by Crippen LogP contribution is -2.10. The average Bonchev–Trinajstić information content (AvgIpc) is 2.14. The van der Waals surface area contributed by atoms with Crippen LogP contribution in [-0.2, 0) is 40.2 Å². The van der Waals surface area contributed by atoms with E-state index in [0.29, 0.717) is 0 Å². The molecule has 0 atom stereocenters. The molecule has 0 aromatic rings. The van der Waals surface area contributed by atoms with E-state index >= 15 is 0 Å². The average molecular weight is 324 g/mol. The zero-order valence-corrected chi connectivity index (χ0v) is 12.8. The molecule has 18 heavy (non-hydrogen) atoms. The lowest BCUT2D eigenvalue weighted by molar-refractivity contribution is 0.109. The molecule has 1 aliphatic heterocycles. The summed E-state index contributed by atoms with van der Waals surface area (Å²) in [6.07, 6.45) is 0. The van der Waals surface area contributed by atoms with E-state index in [0.717, 1.165) is 0 Å². The molecular formula is C6H15O9P3. The van der Waals surface area contributed by atoms with Crippen molar-refractivity contribution in [1.82, 2.24) is 0 Å². The molecule has 0 amide bonds. The highest BCUT2D eigenvalue weighted by atomic mass is 31.3. The molecule has 12 heteroatoms. The van der Waals surface area contributed by atoms with Crippen LogP contribution in [0, 0.1) is 0 Å². The fraction of sp³-hybridized carbons (Fsp3) is 1.00. The minimum Gasteiger partial charge on any atom is -0.287 e. The number of hydrogen-bond acceptors (Lipinski definition) is 9. The van der Waals surface area contributed by atoms with Crippen LogP contribution in [0.15, 0.2) is 0 Å². The molecule has 1 saturated heterocycles. The minimum absolute atomic E-state index is 0.0739. The second-order valence-electron chi connectivity index (χ2n) is 2.84. The minimum atomic E-state index is -4.32. The van der Waals surface area contributed by atoms with Gasteiger partial charge in [0.1, 0.15) is 0 Å². The van der Waals surface area contributed by atoms with Gasteiger partial charge in [0.15, 0.2) is 0 Å². The second kappa shape index (κ2) is 6.27. The molecule has 108 valence electrons. The first-order chi connectivity index (χ1) is 8.30. The Kier molecular flexibility index (Phi) is 5.75. The van der Waals surface area contributed by atoms with Gasteiger partial charge in [-0.05, 0) is 20.8 Å². The standard InChI is InChI=1S/C6H15O9P3/c1-4-10-16(7)13-17(8,11-5-2)15-18(9,14-16)12-6-3/h4-6H2,1-3H3. The summed E-state index contributed by atoms with van der Waals surface area (Å²) in [7, 11) is -13.0. The summed E-state index contributed by atoms with van der Waals surface area (Å²) in [5, 5.41) is 0. The third-order valence-electron chi connectivity index (χ3n) is 1.46. The molecule has 9 nitrogen and oxygen atoms in total. The number of rotatable bonds is 6. The quantitative estimate of drug-likeness (QED) is 0.678. The van der Waals surface area contributed by atoms with Gasteiger partial charge in [0.2, 0.25) is 0 Å². The smallest absolute Gasteiger partial charge is 0.287 e. The number of hydrogen-bond donors (Lipinski definition) is 0. The van der Waals surface area contributed by atoms with Crippen LogP contribution >= 0.6 is 23.5 Å². The molecule has 0 unspecified atom stereocenters. The van der Waals surface area contributed by atoms with Gasteiger partial charge in [-0.15, -0.1) is 0 Å². The Bertz CT molecular complexity index is 341. The van der Waals surface area contributed by atoms with Crippen molar-refractivity contribution < 1.29 is 40.2 Å². The zero-order valence-electron chi connectivity index (χ0n) is 10.1. The Morgan fingerprint density at radius 3 is 1.06 bits per heavy atom. The summed E-state index contributed by atoms with van der Waals surface area (Å²) in [4.78, 5) is 0. The van der Waals surface area contributed by atoms with E-state index < -0.39 is 23.5 Å². The van der Waals surface area contributed by atoms with Crippen molar-refractivity contribution in [1.29, 1.82) is 0 Å². The highest BCUT2D eigenvalue weighted by Gasteiger charge is 2.56. The molecule has 0 bridgehead atoms. The van der Waals surface area contributed by atoms with E-state index in [1.807, 2.05) is 0 Å². The van der Waals surface area contributed by atoms with E-state index in [1.54, 1.807) is 0 Å². The molecule has 0 aromatic heterocycles. The Hall–Kier alpha value is 0.450. The van der Waals surface area contributed by atoms with Gasteiger partial charge < -0.3 is 0 Å². The predicted octanol–water partition coefficient (Wildman–Crippen LogP) is 3.48. The van der Waals surface area contributed by atoms with Crippen molar-refractivity contribution in [2.45, 2.75) is 20.8 Å². The molecule has 0 aromatic carbocycles. The summed E-state index contributed by atoms with van der Waals surface area (Å²) >= 11 is 0. The normalized spacial score (nSPS) is 40.8. The summed E-state index contributed by atoms with van der Waals surface area (Å²) < 4.78 is 63.6. The Balaban J connectivity index is 3.03. The molecule has 1 rings (SSSR count). The monoisotopic (exact) mass is 324 g/mol. The molecule has 1 fully saturated rings. The van der Waals surface area contributed by atoms with E-state index in [-0.39, 0.29) is 19.8 Å². The first-order valence-corrected chi connectivity index (χ1v) is 9.56. The first-order valence-electron chi connectivity index (χ1n) is 5.18. The van der Waals surface area contributed by atoms with Crippen molar-refractivity contribution in [3.63, 3.8) is 0 Å². The molecule has 0 radical (unpaired) electrons. The molecule has 0 spiro atoms. The van der Waals surface area contributed by atoms with Crippen molar-refractivity contribution in [2.24, 2.45) is 0 Å². The van der Waals surface area contributed by atoms with Crippen molar-refractivity contribution in [3.05, 3.63) is 0 Å². The summed E-state index contributed by atoms with van der Waals surface area (Å²) in [6.45, 7) is 4.28. The van der Waals surface area contributed by atoms with Crippen molar-refractivity contribution in [2.75, 3.05) is 19.8 Å². The van der Waals surface area contributed by atoms with Gasteiger partial charge in [-0.25, -0.2) is 13.7 Å². The topological polar surface area (TPSA) is 107 Å². The Labute approximate surface area is 105 Å². The van der Waals surface area contributed by atoms with Crippen LogP contribution in [0.1, 0.15) is 20.8 Å². The maximum Gasteiger partial charge on any atom is 0.492 e. The van der Waals surface area contributed by atoms with Gasteiger partial charge in [-0.2, -0.15) is 12.9 Å². The van der Waals surface area contributed by atoms with Crippen LogP contribution in [0.5, 0.6) is 0 Å². The highest BCUT2D eigenvalue weighted by Crippen LogP contribution is 2.82. The SMILES string of the molecule is CCOP1(=O)OP(=O)(OCC)OP(=O)(OCC)O1.